The highest BCUT2D eigenvalue weighted by atomic mass is 16.4. The van der Waals surface area contributed by atoms with E-state index in [9.17, 15) is 14.7 Å². The van der Waals surface area contributed by atoms with E-state index in [1.807, 2.05) is 0 Å². The Morgan fingerprint density at radius 1 is 1.29 bits per heavy atom. The molecule has 0 heterocycles. The molecule has 14 heavy (non-hydrogen) atoms. The smallest absolute Gasteiger partial charge is 0.309 e. The Balaban J connectivity index is 3.98. The molecule has 0 saturated heterocycles. The predicted octanol–water partition coefficient (Wildman–Crippen LogP) is -0.738. The number of hydrogen-bond donors (Lipinski definition) is 4. The van der Waals surface area contributed by atoms with Crippen LogP contribution in [-0.4, -0.2) is 39.9 Å². The summed E-state index contributed by atoms with van der Waals surface area (Å²) < 4.78 is 0. The van der Waals surface area contributed by atoms with Crippen LogP contribution in [0, 0.1) is 5.92 Å². The first kappa shape index (κ1) is 12.9. The molecule has 0 rings (SSSR count). The zero-order chi connectivity index (χ0) is 11.1. The van der Waals surface area contributed by atoms with Crippen LogP contribution in [0.2, 0.25) is 0 Å². The van der Waals surface area contributed by atoms with Crippen molar-refractivity contribution in [2.24, 2.45) is 11.7 Å². The van der Waals surface area contributed by atoms with E-state index in [2.05, 4.69) is 0 Å². The number of carboxylic acid groups (broad SMARTS) is 2. The molecule has 0 fully saturated rings. The van der Waals surface area contributed by atoms with Crippen molar-refractivity contribution in [3.05, 3.63) is 0 Å². The van der Waals surface area contributed by atoms with Crippen molar-refractivity contribution >= 4 is 11.9 Å². The number of hydrogen-bond acceptors (Lipinski definition) is 4. The normalized spacial score (nSPS) is 14.7. The van der Waals surface area contributed by atoms with Crippen molar-refractivity contribution in [1.82, 2.24) is 0 Å². The minimum absolute atomic E-state index is 0.0962. The van der Waals surface area contributed by atoms with E-state index in [0.717, 1.165) is 0 Å². The Bertz CT molecular complexity index is 206. The van der Waals surface area contributed by atoms with Gasteiger partial charge in [-0.3, -0.25) is 9.59 Å². The van der Waals surface area contributed by atoms with E-state index in [1.165, 1.54) is 0 Å². The second-order valence-electron chi connectivity index (χ2n) is 3.03. The molecule has 5 N–H and O–H groups in total. The maximum Gasteiger partial charge on any atom is 0.309 e. The summed E-state index contributed by atoms with van der Waals surface area (Å²) in [5.41, 5.74) is 5.11. The highest BCUT2D eigenvalue weighted by molar-refractivity contribution is 5.71. The monoisotopic (exact) mass is 205 g/mol. The van der Waals surface area contributed by atoms with E-state index in [0.29, 0.717) is 0 Å². The third kappa shape index (κ3) is 4.78. The molecule has 0 aromatic carbocycles. The molecule has 82 valence electrons. The molecule has 2 atom stereocenters. The Hall–Kier alpha value is -1.14. The van der Waals surface area contributed by atoms with Gasteiger partial charge >= 0.3 is 11.9 Å². The van der Waals surface area contributed by atoms with Crippen LogP contribution in [0.3, 0.4) is 0 Å². The van der Waals surface area contributed by atoms with Crippen LogP contribution in [0.5, 0.6) is 0 Å². The van der Waals surface area contributed by atoms with Gasteiger partial charge in [-0.1, -0.05) is 0 Å². The first-order valence-electron chi connectivity index (χ1n) is 4.31. The minimum Gasteiger partial charge on any atom is -0.481 e. The summed E-state index contributed by atoms with van der Waals surface area (Å²) in [6.45, 7) is -0.135. The van der Waals surface area contributed by atoms with Gasteiger partial charge in [0.05, 0.1) is 12.0 Å². The average Bonchev–Trinajstić information content (AvgIpc) is 2.10. The van der Waals surface area contributed by atoms with Crippen molar-refractivity contribution in [1.29, 1.82) is 0 Å². The standard InChI is InChI=1S/C8H15NO5/c9-4-6(10)5(8(13)14)2-1-3-7(11)12/h5-6,10H,1-4,9H2,(H,11,12)(H,13,14). The molecule has 0 spiro atoms. The molecule has 0 aliphatic carbocycles. The van der Waals surface area contributed by atoms with Gasteiger partial charge in [0.2, 0.25) is 0 Å². The van der Waals surface area contributed by atoms with E-state index < -0.39 is 24.0 Å². The molecule has 0 radical (unpaired) electrons. The van der Waals surface area contributed by atoms with Crippen LogP contribution < -0.4 is 5.73 Å². The number of aliphatic hydroxyl groups is 1. The van der Waals surface area contributed by atoms with Crippen molar-refractivity contribution in [3.63, 3.8) is 0 Å². The number of nitrogens with two attached hydrogens (primary N) is 1. The number of carbonyl (C=O) groups is 2. The lowest BCUT2D eigenvalue weighted by Crippen LogP contribution is -2.34. The molecule has 6 heteroatoms. The second-order valence-corrected chi connectivity index (χ2v) is 3.03. The Labute approximate surface area is 81.3 Å². The van der Waals surface area contributed by atoms with E-state index in [4.69, 9.17) is 15.9 Å². The van der Waals surface area contributed by atoms with Gasteiger partial charge in [-0.15, -0.1) is 0 Å². The summed E-state index contributed by atoms with van der Waals surface area (Å²) in [6, 6.07) is 0. The quantitative estimate of drug-likeness (QED) is 0.434. The van der Waals surface area contributed by atoms with Gasteiger partial charge in [0.25, 0.3) is 0 Å². The third-order valence-electron chi connectivity index (χ3n) is 1.93. The zero-order valence-electron chi connectivity index (χ0n) is 7.72. The lowest BCUT2D eigenvalue weighted by molar-refractivity contribution is -0.146. The fraction of sp³-hybridized carbons (Fsp3) is 0.750. The third-order valence-corrected chi connectivity index (χ3v) is 1.93. The lowest BCUT2D eigenvalue weighted by atomic mass is 9.96. The topological polar surface area (TPSA) is 121 Å². The minimum atomic E-state index is -1.15. The Kier molecular flexibility index (Phi) is 5.82. The number of aliphatic hydroxyl groups excluding tert-OH is 1. The lowest BCUT2D eigenvalue weighted by Gasteiger charge is -2.16. The van der Waals surface area contributed by atoms with Crippen molar-refractivity contribution in [2.75, 3.05) is 6.54 Å². The van der Waals surface area contributed by atoms with Crippen molar-refractivity contribution in [2.45, 2.75) is 25.4 Å². The molecule has 0 aromatic rings. The number of carboxylic acids is 2. The first-order chi connectivity index (χ1) is 6.49. The van der Waals surface area contributed by atoms with Crippen LogP contribution in [0.1, 0.15) is 19.3 Å². The maximum atomic E-state index is 10.6. The van der Waals surface area contributed by atoms with E-state index in [1.54, 1.807) is 0 Å². The predicted molar refractivity (Wildman–Crippen MR) is 47.7 cm³/mol. The molecule has 0 saturated carbocycles. The van der Waals surface area contributed by atoms with Crippen LogP contribution >= 0.6 is 0 Å². The van der Waals surface area contributed by atoms with Gasteiger partial charge in [0.15, 0.2) is 0 Å². The molecule has 2 unspecified atom stereocenters. The van der Waals surface area contributed by atoms with Gasteiger partial charge in [0.1, 0.15) is 0 Å². The molecule has 0 aliphatic rings. The molecule has 0 aliphatic heterocycles. The summed E-state index contributed by atoms with van der Waals surface area (Å²) in [5, 5.41) is 26.2. The number of rotatable bonds is 7. The molecule has 0 amide bonds. The van der Waals surface area contributed by atoms with Gasteiger partial charge in [-0.25, -0.2) is 0 Å². The average molecular weight is 205 g/mol. The molecular formula is C8H15NO5. The largest absolute Gasteiger partial charge is 0.481 e. The zero-order valence-corrected chi connectivity index (χ0v) is 7.72. The molecule has 0 bridgehead atoms. The summed E-state index contributed by atoms with van der Waals surface area (Å²) >= 11 is 0. The van der Waals surface area contributed by atoms with Gasteiger partial charge in [0, 0.05) is 13.0 Å². The maximum absolute atomic E-state index is 10.6. The van der Waals surface area contributed by atoms with Gasteiger partial charge in [-0.05, 0) is 12.8 Å². The highest BCUT2D eigenvalue weighted by Gasteiger charge is 2.24. The van der Waals surface area contributed by atoms with Crippen LogP contribution in [-0.2, 0) is 9.59 Å². The first-order valence-corrected chi connectivity index (χ1v) is 4.31. The summed E-state index contributed by atoms with van der Waals surface area (Å²) in [6.07, 6.45) is -0.856. The molecular weight excluding hydrogens is 190 g/mol. The number of aliphatic carboxylic acids is 2. The van der Waals surface area contributed by atoms with E-state index in [-0.39, 0.29) is 25.8 Å². The Morgan fingerprint density at radius 3 is 2.21 bits per heavy atom. The molecule has 6 nitrogen and oxygen atoms in total. The van der Waals surface area contributed by atoms with Crippen molar-refractivity contribution < 1.29 is 24.9 Å². The summed E-state index contributed by atoms with van der Waals surface area (Å²) in [4.78, 5) is 20.8. The van der Waals surface area contributed by atoms with Gasteiger partial charge < -0.3 is 21.1 Å². The summed E-state index contributed by atoms with van der Waals surface area (Å²) in [5.74, 6) is -3.09. The van der Waals surface area contributed by atoms with Crippen LogP contribution in [0.25, 0.3) is 0 Å². The Morgan fingerprint density at radius 2 is 1.86 bits per heavy atom. The fourth-order valence-corrected chi connectivity index (χ4v) is 1.12. The van der Waals surface area contributed by atoms with Crippen LogP contribution in [0.4, 0.5) is 0 Å². The molecule has 0 aromatic heterocycles. The second kappa shape index (κ2) is 6.33. The SMILES string of the molecule is NCC(O)C(CCCC(=O)O)C(=O)O. The van der Waals surface area contributed by atoms with Gasteiger partial charge in [-0.2, -0.15) is 0 Å². The fourth-order valence-electron chi connectivity index (χ4n) is 1.12. The van der Waals surface area contributed by atoms with E-state index >= 15 is 0 Å². The highest BCUT2D eigenvalue weighted by Crippen LogP contribution is 2.13. The summed E-state index contributed by atoms with van der Waals surface area (Å²) in [7, 11) is 0. The van der Waals surface area contributed by atoms with Crippen molar-refractivity contribution in [3.8, 4) is 0 Å². The van der Waals surface area contributed by atoms with Crippen LogP contribution in [0.15, 0.2) is 0 Å².